The van der Waals surface area contributed by atoms with Gasteiger partial charge in [-0.3, -0.25) is 0 Å². The van der Waals surface area contributed by atoms with Gasteiger partial charge in [-0.05, 0) is 67.4 Å². The average Bonchev–Trinajstić information content (AvgIpc) is 2.91. The molecule has 1 heterocycles. The molecule has 4 aromatic carbocycles. The van der Waals surface area contributed by atoms with Crippen molar-refractivity contribution < 1.29 is 17.4 Å². The molecule has 1 aromatic heterocycles. The van der Waals surface area contributed by atoms with Crippen LogP contribution < -0.4 is 14.3 Å². The summed E-state index contributed by atoms with van der Waals surface area (Å²) in [5.74, 6) is 0. The van der Waals surface area contributed by atoms with Crippen LogP contribution >= 0.6 is 0 Å². The van der Waals surface area contributed by atoms with Crippen molar-refractivity contribution in [2.75, 3.05) is 5.32 Å². The third kappa shape index (κ3) is 5.39. The Morgan fingerprint density at radius 1 is 0.757 bits per heavy atom. The third-order valence-electron chi connectivity index (χ3n) is 6.10. The number of hydrogen-bond acceptors (Lipinski definition) is 4. The van der Waals surface area contributed by atoms with Crippen molar-refractivity contribution >= 4 is 32.8 Å². The van der Waals surface area contributed by atoms with Crippen LogP contribution in [0.15, 0.2) is 120 Å². The standard InChI is InChI=1S/C31H26N2O3S/c1-23-13-16-29(17-14-23)37(34,35)36-33-30(19-20-32-28-11-7-4-8-12-28)24(2)21-27-22-26(15-18-31(27)33)25-9-5-3-6-10-25/h3-22H,1-2H3/p+1. The number of para-hydroxylation sites is 1. The lowest BCUT2D eigenvalue weighted by atomic mass is 10.0. The summed E-state index contributed by atoms with van der Waals surface area (Å²) in [5.41, 5.74) is 6.12. The van der Waals surface area contributed by atoms with Gasteiger partial charge in [0.1, 0.15) is 4.90 Å². The maximum Gasteiger partial charge on any atom is 0.396 e. The van der Waals surface area contributed by atoms with Gasteiger partial charge >= 0.3 is 10.1 Å². The SMILES string of the molecule is Cc1ccc(S(=O)(=O)O[n+]2c(C=CNc3ccccc3)c(C)cc3cc(-c4ccccc4)ccc32)cc1. The van der Waals surface area contributed by atoms with Crippen LogP contribution in [0.1, 0.15) is 16.8 Å². The number of fused-ring (bicyclic) bond motifs is 1. The molecule has 184 valence electrons. The monoisotopic (exact) mass is 507 g/mol. The van der Waals surface area contributed by atoms with Gasteiger partial charge in [0, 0.05) is 34.3 Å². The van der Waals surface area contributed by atoms with E-state index in [-0.39, 0.29) is 4.90 Å². The van der Waals surface area contributed by atoms with Gasteiger partial charge in [0.2, 0.25) is 0 Å². The minimum atomic E-state index is -4.09. The maximum absolute atomic E-state index is 13.3. The van der Waals surface area contributed by atoms with Crippen molar-refractivity contribution in [2.45, 2.75) is 18.7 Å². The molecule has 6 heteroatoms. The van der Waals surface area contributed by atoms with Gasteiger partial charge in [-0.15, -0.1) is 4.28 Å². The van der Waals surface area contributed by atoms with Crippen molar-refractivity contribution in [3.63, 3.8) is 0 Å². The van der Waals surface area contributed by atoms with Gasteiger partial charge in [0.25, 0.3) is 11.2 Å². The number of anilines is 1. The van der Waals surface area contributed by atoms with Gasteiger partial charge in [0.15, 0.2) is 0 Å². The summed E-state index contributed by atoms with van der Waals surface area (Å²) < 4.78 is 33.9. The number of pyridine rings is 1. The van der Waals surface area contributed by atoms with Crippen LogP contribution in [0.4, 0.5) is 5.69 Å². The van der Waals surface area contributed by atoms with E-state index in [1.54, 1.807) is 30.5 Å². The van der Waals surface area contributed by atoms with Crippen molar-refractivity contribution in [3.8, 4) is 11.1 Å². The molecule has 0 spiro atoms. The first kappa shape index (κ1) is 24.3. The fourth-order valence-corrected chi connectivity index (χ4v) is 5.05. The topological polar surface area (TPSA) is 59.3 Å². The molecule has 0 saturated heterocycles. The second kappa shape index (κ2) is 10.3. The number of aromatic nitrogens is 1. The number of hydrogen-bond donors (Lipinski definition) is 1. The molecule has 0 unspecified atom stereocenters. The Morgan fingerprint density at radius 2 is 1.43 bits per heavy atom. The molecule has 0 saturated carbocycles. The van der Waals surface area contributed by atoms with Gasteiger partial charge in [-0.25, -0.2) is 0 Å². The van der Waals surface area contributed by atoms with E-state index < -0.39 is 10.1 Å². The normalized spacial score (nSPS) is 11.6. The van der Waals surface area contributed by atoms with E-state index in [2.05, 4.69) is 5.32 Å². The summed E-state index contributed by atoms with van der Waals surface area (Å²) in [4.78, 5) is 0.0958. The van der Waals surface area contributed by atoms with E-state index in [4.69, 9.17) is 4.28 Å². The van der Waals surface area contributed by atoms with Crippen LogP contribution in [0.2, 0.25) is 0 Å². The second-order valence-corrected chi connectivity index (χ2v) is 10.4. The van der Waals surface area contributed by atoms with Crippen LogP contribution in [0.25, 0.3) is 28.1 Å². The quantitative estimate of drug-likeness (QED) is 0.262. The summed E-state index contributed by atoms with van der Waals surface area (Å²) in [6.45, 7) is 3.85. The fraction of sp³-hybridized carbons (Fsp3) is 0.0645. The summed E-state index contributed by atoms with van der Waals surface area (Å²) in [6.07, 6.45) is 3.59. The molecule has 5 aromatic rings. The first-order valence-electron chi connectivity index (χ1n) is 12.0. The van der Waals surface area contributed by atoms with Gasteiger partial charge < -0.3 is 5.32 Å². The Kier molecular flexibility index (Phi) is 6.75. The zero-order valence-electron chi connectivity index (χ0n) is 20.6. The summed E-state index contributed by atoms with van der Waals surface area (Å²) in [7, 11) is -4.09. The third-order valence-corrected chi connectivity index (χ3v) is 7.29. The van der Waals surface area contributed by atoms with E-state index in [9.17, 15) is 8.42 Å². The Balaban J connectivity index is 1.62. The van der Waals surface area contributed by atoms with Crippen LogP contribution in [-0.2, 0) is 10.1 Å². The molecule has 0 fully saturated rings. The highest BCUT2D eigenvalue weighted by Crippen LogP contribution is 2.25. The highest BCUT2D eigenvalue weighted by molar-refractivity contribution is 7.86. The molecule has 0 bridgehead atoms. The zero-order valence-corrected chi connectivity index (χ0v) is 21.4. The lowest BCUT2D eigenvalue weighted by Crippen LogP contribution is -2.49. The number of nitrogens with zero attached hydrogens (tertiary/aromatic N) is 1. The molecule has 0 amide bonds. The zero-order chi connectivity index (χ0) is 25.8. The Hall–Kier alpha value is -4.42. The molecule has 1 N–H and O–H groups in total. The van der Waals surface area contributed by atoms with E-state index in [0.717, 1.165) is 33.3 Å². The largest absolute Gasteiger partial charge is 0.396 e. The molecule has 0 aliphatic heterocycles. The lowest BCUT2D eigenvalue weighted by Gasteiger charge is -2.09. The number of aryl methyl sites for hydroxylation is 2. The molecule has 37 heavy (non-hydrogen) atoms. The predicted octanol–water partition coefficient (Wildman–Crippen LogP) is 6.31. The van der Waals surface area contributed by atoms with Gasteiger partial charge in [0.05, 0.1) is 5.39 Å². The smallest absolute Gasteiger partial charge is 0.361 e. The average molecular weight is 508 g/mol. The second-order valence-electron chi connectivity index (χ2n) is 8.83. The van der Waals surface area contributed by atoms with Crippen LogP contribution in [-0.4, -0.2) is 8.42 Å². The summed E-state index contributed by atoms with van der Waals surface area (Å²) in [6, 6.07) is 34.4. The molecular weight excluding hydrogens is 480 g/mol. The van der Waals surface area contributed by atoms with E-state index in [1.807, 2.05) is 105 Å². The Bertz CT molecular complexity index is 1680. The molecule has 0 atom stereocenters. The number of nitrogens with one attached hydrogen (secondary N) is 1. The van der Waals surface area contributed by atoms with Crippen molar-refractivity contribution in [2.24, 2.45) is 0 Å². The minimum absolute atomic E-state index is 0.0958. The minimum Gasteiger partial charge on any atom is -0.361 e. The summed E-state index contributed by atoms with van der Waals surface area (Å²) in [5, 5.41) is 4.09. The van der Waals surface area contributed by atoms with Gasteiger partial charge in [-0.2, -0.15) is 8.42 Å². The number of rotatable bonds is 7. The molecule has 0 aliphatic rings. The number of benzene rings is 4. The van der Waals surface area contributed by atoms with Gasteiger partial charge in [-0.1, -0.05) is 66.2 Å². The molecule has 0 aliphatic carbocycles. The first-order valence-corrected chi connectivity index (χ1v) is 13.4. The molecule has 5 nitrogen and oxygen atoms in total. The molecule has 5 rings (SSSR count). The van der Waals surface area contributed by atoms with Crippen molar-refractivity contribution in [1.82, 2.24) is 0 Å². The van der Waals surface area contributed by atoms with E-state index in [0.29, 0.717) is 11.2 Å². The summed E-state index contributed by atoms with van der Waals surface area (Å²) >= 11 is 0. The maximum atomic E-state index is 13.3. The fourth-order valence-electron chi connectivity index (χ4n) is 4.14. The van der Waals surface area contributed by atoms with Crippen LogP contribution in [0.3, 0.4) is 0 Å². The lowest BCUT2D eigenvalue weighted by molar-refractivity contribution is -0.836. The highest BCUT2D eigenvalue weighted by Gasteiger charge is 2.28. The highest BCUT2D eigenvalue weighted by atomic mass is 32.2. The van der Waals surface area contributed by atoms with Crippen molar-refractivity contribution in [1.29, 1.82) is 0 Å². The van der Waals surface area contributed by atoms with Crippen molar-refractivity contribution in [3.05, 3.63) is 132 Å². The first-order chi connectivity index (χ1) is 17.9. The Morgan fingerprint density at radius 3 is 2.14 bits per heavy atom. The van der Waals surface area contributed by atoms with E-state index in [1.165, 1.54) is 4.73 Å². The molecular formula is C31H27N2O3S+. The predicted molar refractivity (Wildman–Crippen MR) is 148 cm³/mol. The Labute approximate surface area is 217 Å². The van der Waals surface area contributed by atoms with Crippen LogP contribution in [0, 0.1) is 13.8 Å². The van der Waals surface area contributed by atoms with Crippen LogP contribution in [0.5, 0.6) is 0 Å². The van der Waals surface area contributed by atoms with E-state index >= 15 is 0 Å². The molecule has 0 radical (unpaired) electrons.